The van der Waals surface area contributed by atoms with Gasteiger partial charge in [-0.1, -0.05) is 12.1 Å². The second-order valence-corrected chi connectivity index (χ2v) is 7.90. The average Bonchev–Trinajstić information content (AvgIpc) is 3.21. The fourth-order valence-corrected chi connectivity index (χ4v) is 4.35. The second-order valence-electron chi connectivity index (χ2n) is 7.90. The van der Waals surface area contributed by atoms with E-state index in [0.29, 0.717) is 0 Å². The number of hydrogen-bond donors (Lipinski definition) is 0. The van der Waals surface area contributed by atoms with Crippen LogP contribution in [0.25, 0.3) is 16.7 Å². The quantitative estimate of drug-likeness (QED) is 0.504. The summed E-state index contributed by atoms with van der Waals surface area (Å²) in [5.74, 6) is 1.23. The minimum Gasteiger partial charge on any atom is -0.298 e. The fourth-order valence-electron chi connectivity index (χ4n) is 4.35. The molecule has 0 radical (unpaired) electrons. The number of carbonyl (C=O) groups excluding carboxylic acids is 1. The van der Waals surface area contributed by atoms with E-state index in [-0.39, 0.29) is 11.8 Å². The van der Waals surface area contributed by atoms with Gasteiger partial charge in [-0.3, -0.25) is 23.9 Å². The number of pyridine rings is 1. The molecule has 8 nitrogen and oxygen atoms in total. The predicted octanol–water partition coefficient (Wildman–Crippen LogP) is 3.50. The maximum absolute atomic E-state index is 13.1. The lowest BCUT2D eigenvalue weighted by Crippen LogP contribution is -2.35. The van der Waals surface area contributed by atoms with Gasteiger partial charge in [-0.2, -0.15) is 5.10 Å². The summed E-state index contributed by atoms with van der Waals surface area (Å²) in [5, 5.41) is 4.46. The van der Waals surface area contributed by atoms with E-state index < -0.39 is 0 Å². The van der Waals surface area contributed by atoms with Crippen molar-refractivity contribution in [3.63, 3.8) is 0 Å². The number of aryl methyl sites for hydroxylation is 3. The predicted molar refractivity (Wildman–Crippen MR) is 120 cm³/mol. The number of carbonyl (C=O) groups is 1. The molecule has 1 amide bonds. The first-order chi connectivity index (χ1) is 14.9. The molecule has 1 aliphatic rings. The Labute approximate surface area is 179 Å². The minimum absolute atomic E-state index is 0.00600. The van der Waals surface area contributed by atoms with Crippen molar-refractivity contribution >= 4 is 34.2 Å². The molecular formula is C23H23N7O. The molecule has 1 aromatic carbocycles. The zero-order chi connectivity index (χ0) is 21.9. The Kier molecular flexibility index (Phi) is 4.25. The van der Waals surface area contributed by atoms with E-state index in [0.717, 1.165) is 51.0 Å². The molecule has 1 unspecified atom stereocenters. The summed E-state index contributed by atoms with van der Waals surface area (Å²) in [6.07, 6.45) is 3.54. The Morgan fingerprint density at radius 3 is 2.52 bits per heavy atom. The Morgan fingerprint density at radius 2 is 1.77 bits per heavy atom. The first kappa shape index (κ1) is 19.2. The largest absolute Gasteiger partial charge is 0.298 e. The first-order valence-electron chi connectivity index (χ1n) is 10.2. The van der Waals surface area contributed by atoms with E-state index in [9.17, 15) is 4.79 Å². The van der Waals surface area contributed by atoms with Crippen LogP contribution in [0.4, 0.5) is 11.5 Å². The SMILES string of the molecule is Cc1nn(C)c2c1N=C(c1ccc(-n3c(C)nc4cnccc43)cc1)C(C)C(=O)N2C. The third kappa shape index (κ3) is 2.86. The molecule has 4 heterocycles. The molecule has 0 aliphatic carbocycles. The highest BCUT2D eigenvalue weighted by atomic mass is 16.2. The number of anilines is 1. The lowest BCUT2D eigenvalue weighted by atomic mass is 9.97. The molecule has 0 saturated heterocycles. The van der Waals surface area contributed by atoms with Gasteiger partial charge in [0.15, 0.2) is 5.82 Å². The molecule has 156 valence electrons. The van der Waals surface area contributed by atoms with Gasteiger partial charge in [0.1, 0.15) is 17.0 Å². The number of rotatable bonds is 2. The van der Waals surface area contributed by atoms with E-state index in [4.69, 9.17) is 4.99 Å². The van der Waals surface area contributed by atoms with Gasteiger partial charge in [-0.15, -0.1) is 0 Å². The molecule has 1 aliphatic heterocycles. The smallest absolute Gasteiger partial charge is 0.236 e. The molecule has 1 atom stereocenters. The lowest BCUT2D eigenvalue weighted by Gasteiger charge is -2.19. The molecule has 0 saturated carbocycles. The molecule has 0 spiro atoms. The van der Waals surface area contributed by atoms with Crippen molar-refractivity contribution in [2.24, 2.45) is 18.0 Å². The molecule has 0 bridgehead atoms. The highest BCUT2D eigenvalue weighted by molar-refractivity contribution is 6.19. The summed E-state index contributed by atoms with van der Waals surface area (Å²) in [7, 11) is 3.62. The zero-order valence-electron chi connectivity index (χ0n) is 18.2. The number of aromatic nitrogens is 5. The van der Waals surface area contributed by atoms with Crippen molar-refractivity contribution in [2.75, 3.05) is 11.9 Å². The van der Waals surface area contributed by atoms with Crippen LogP contribution in [-0.2, 0) is 11.8 Å². The number of fused-ring (bicyclic) bond motifs is 2. The van der Waals surface area contributed by atoms with Crippen molar-refractivity contribution in [2.45, 2.75) is 20.8 Å². The van der Waals surface area contributed by atoms with Crippen LogP contribution in [0.1, 0.15) is 24.0 Å². The van der Waals surface area contributed by atoms with Crippen molar-refractivity contribution < 1.29 is 4.79 Å². The van der Waals surface area contributed by atoms with Crippen LogP contribution in [0.15, 0.2) is 47.7 Å². The average molecular weight is 413 g/mol. The van der Waals surface area contributed by atoms with Crippen LogP contribution in [0, 0.1) is 19.8 Å². The van der Waals surface area contributed by atoms with Crippen molar-refractivity contribution in [3.8, 4) is 5.69 Å². The summed E-state index contributed by atoms with van der Waals surface area (Å²) in [4.78, 5) is 28.4. The zero-order valence-corrected chi connectivity index (χ0v) is 18.2. The summed E-state index contributed by atoms with van der Waals surface area (Å²) in [6.45, 7) is 5.80. The maximum Gasteiger partial charge on any atom is 0.236 e. The van der Waals surface area contributed by atoms with E-state index in [2.05, 4.69) is 19.6 Å². The topological polar surface area (TPSA) is 81.2 Å². The van der Waals surface area contributed by atoms with Gasteiger partial charge in [0, 0.05) is 26.0 Å². The molecule has 0 fully saturated rings. The van der Waals surface area contributed by atoms with Crippen LogP contribution in [0.3, 0.4) is 0 Å². The first-order valence-corrected chi connectivity index (χ1v) is 10.2. The van der Waals surface area contributed by atoms with Gasteiger partial charge < -0.3 is 0 Å². The van der Waals surface area contributed by atoms with Crippen molar-refractivity contribution in [1.82, 2.24) is 24.3 Å². The van der Waals surface area contributed by atoms with Crippen LogP contribution >= 0.6 is 0 Å². The van der Waals surface area contributed by atoms with Crippen LogP contribution < -0.4 is 4.90 Å². The summed E-state index contributed by atoms with van der Waals surface area (Å²) >= 11 is 0. The van der Waals surface area contributed by atoms with Crippen LogP contribution in [0.5, 0.6) is 0 Å². The second kappa shape index (κ2) is 6.87. The van der Waals surface area contributed by atoms with Crippen LogP contribution in [-0.4, -0.2) is 43.0 Å². The normalized spacial score (nSPS) is 16.4. The monoisotopic (exact) mass is 413 g/mol. The molecule has 31 heavy (non-hydrogen) atoms. The van der Waals surface area contributed by atoms with Crippen LogP contribution in [0.2, 0.25) is 0 Å². The Hall–Kier alpha value is -3.81. The van der Waals surface area contributed by atoms with Gasteiger partial charge in [0.2, 0.25) is 5.91 Å². The highest BCUT2D eigenvalue weighted by Gasteiger charge is 2.32. The molecule has 8 heteroatoms. The number of nitrogens with zero attached hydrogens (tertiary/aromatic N) is 7. The molecule has 4 aromatic rings. The molecular weight excluding hydrogens is 390 g/mol. The minimum atomic E-state index is -0.371. The number of benzene rings is 1. The number of hydrogen-bond acceptors (Lipinski definition) is 5. The van der Waals surface area contributed by atoms with Crippen molar-refractivity contribution in [3.05, 3.63) is 59.8 Å². The van der Waals surface area contributed by atoms with E-state index in [1.807, 2.05) is 58.2 Å². The van der Waals surface area contributed by atoms with E-state index in [1.165, 1.54) is 0 Å². The molecule has 0 N–H and O–H groups in total. The van der Waals surface area contributed by atoms with Gasteiger partial charge in [-0.25, -0.2) is 9.98 Å². The van der Waals surface area contributed by atoms with Gasteiger partial charge in [0.05, 0.1) is 29.0 Å². The fraction of sp³-hybridized carbons (Fsp3) is 0.261. The Bertz CT molecular complexity index is 1360. The third-order valence-electron chi connectivity index (χ3n) is 5.87. The third-order valence-corrected chi connectivity index (χ3v) is 5.87. The number of amides is 1. The standard InChI is InChI=1S/C23H23N7O/c1-13-20(26-21-14(2)27-29(5)22(21)28(4)23(13)31)16-6-8-17(9-7-16)30-15(3)25-18-12-24-11-10-19(18)30/h6-13H,1-5H3. The molecule has 5 rings (SSSR count). The van der Waals surface area contributed by atoms with Gasteiger partial charge in [0.25, 0.3) is 0 Å². The maximum atomic E-state index is 13.1. The Morgan fingerprint density at radius 1 is 1.03 bits per heavy atom. The van der Waals surface area contributed by atoms with E-state index >= 15 is 0 Å². The molecule has 3 aromatic heterocycles. The van der Waals surface area contributed by atoms with Crippen molar-refractivity contribution in [1.29, 1.82) is 0 Å². The number of imidazole rings is 1. The summed E-state index contributed by atoms with van der Waals surface area (Å²) in [6, 6.07) is 10.1. The number of aliphatic imine (C=N–C) groups is 1. The van der Waals surface area contributed by atoms with E-state index in [1.54, 1.807) is 29.0 Å². The Balaban J connectivity index is 1.61. The lowest BCUT2D eigenvalue weighted by molar-refractivity contribution is -0.119. The van der Waals surface area contributed by atoms with Gasteiger partial charge in [-0.05, 0) is 44.5 Å². The summed E-state index contributed by atoms with van der Waals surface area (Å²) in [5.41, 5.74) is 6.07. The highest BCUT2D eigenvalue weighted by Crippen LogP contribution is 2.36. The van der Waals surface area contributed by atoms with Gasteiger partial charge >= 0.3 is 0 Å². The summed E-state index contributed by atoms with van der Waals surface area (Å²) < 4.78 is 3.81.